The van der Waals surface area contributed by atoms with E-state index in [1.807, 2.05) is 18.2 Å². The summed E-state index contributed by atoms with van der Waals surface area (Å²) in [5.41, 5.74) is 1.57. The molecule has 2 rings (SSSR count). The van der Waals surface area contributed by atoms with Crippen molar-refractivity contribution in [3.63, 3.8) is 0 Å². The van der Waals surface area contributed by atoms with Crippen LogP contribution < -0.4 is 9.47 Å². The van der Waals surface area contributed by atoms with Crippen LogP contribution in [0.4, 0.5) is 0 Å². The van der Waals surface area contributed by atoms with Gasteiger partial charge in [-0.3, -0.25) is 4.98 Å². The molecule has 1 aromatic carbocycles. The normalized spacial score (nSPS) is 11.9. The lowest BCUT2D eigenvalue weighted by atomic mass is 10.1. The number of ether oxygens (including phenoxy) is 2. The summed E-state index contributed by atoms with van der Waals surface area (Å²) in [6, 6.07) is 11.0. The summed E-state index contributed by atoms with van der Waals surface area (Å²) in [6.45, 7) is 2.06. The molecule has 2 aromatic rings. The van der Waals surface area contributed by atoms with E-state index in [0.29, 0.717) is 18.1 Å². The first kappa shape index (κ1) is 13.4. The molecular formula is C15H17NO3. The predicted molar refractivity (Wildman–Crippen MR) is 72.2 cm³/mol. The van der Waals surface area contributed by atoms with Gasteiger partial charge in [0.1, 0.15) is 18.1 Å². The van der Waals surface area contributed by atoms with Crippen LogP contribution >= 0.6 is 0 Å². The maximum absolute atomic E-state index is 9.73. The molecule has 1 heterocycles. The van der Waals surface area contributed by atoms with Gasteiger partial charge >= 0.3 is 0 Å². The van der Waals surface area contributed by atoms with Crippen molar-refractivity contribution in [3.05, 3.63) is 53.9 Å². The predicted octanol–water partition coefficient (Wildman–Crippen LogP) is 2.72. The summed E-state index contributed by atoms with van der Waals surface area (Å²) in [5, 5.41) is 9.73. The van der Waals surface area contributed by atoms with Gasteiger partial charge in [0.05, 0.1) is 18.9 Å². The zero-order valence-electron chi connectivity index (χ0n) is 11.0. The van der Waals surface area contributed by atoms with Crippen LogP contribution in [0.2, 0.25) is 0 Å². The third-order valence-corrected chi connectivity index (χ3v) is 2.77. The molecular weight excluding hydrogens is 242 g/mol. The fourth-order valence-corrected chi connectivity index (χ4v) is 1.75. The van der Waals surface area contributed by atoms with Gasteiger partial charge in [-0.05, 0) is 31.2 Å². The SMILES string of the molecule is COc1ccc(C(C)O)c(OCc2ccccn2)c1. The number of aliphatic hydroxyl groups excluding tert-OH is 1. The van der Waals surface area contributed by atoms with Crippen LogP contribution in [0.3, 0.4) is 0 Å². The van der Waals surface area contributed by atoms with E-state index in [9.17, 15) is 5.11 Å². The fraction of sp³-hybridized carbons (Fsp3) is 0.267. The summed E-state index contributed by atoms with van der Waals surface area (Å²) in [5.74, 6) is 1.31. The first-order chi connectivity index (χ1) is 9.20. The van der Waals surface area contributed by atoms with Crippen molar-refractivity contribution in [2.24, 2.45) is 0 Å². The van der Waals surface area contributed by atoms with Crippen LogP contribution in [-0.4, -0.2) is 17.2 Å². The minimum atomic E-state index is -0.593. The molecule has 0 aliphatic carbocycles. The number of methoxy groups -OCH3 is 1. The fourth-order valence-electron chi connectivity index (χ4n) is 1.75. The summed E-state index contributed by atoms with van der Waals surface area (Å²) in [4.78, 5) is 4.19. The zero-order chi connectivity index (χ0) is 13.7. The summed E-state index contributed by atoms with van der Waals surface area (Å²) in [6.07, 6.45) is 1.13. The molecule has 0 aliphatic heterocycles. The number of rotatable bonds is 5. The second-order valence-electron chi connectivity index (χ2n) is 4.19. The van der Waals surface area contributed by atoms with E-state index in [1.165, 1.54) is 0 Å². The van der Waals surface area contributed by atoms with Gasteiger partial charge in [-0.25, -0.2) is 0 Å². The largest absolute Gasteiger partial charge is 0.497 e. The van der Waals surface area contributed by atoms with Gasteiger partial charge in [0.25, 0.3) is 0 Å². The second-order valence-corrected chi connectivity index (χ2v) is 4.19. The van der Waals surface area contributed by atoms with Gasteiger partial charge in [-0.2, -0.15) is 0 Å². The average molecular weight is 259 g/mol. The third-order valence-electron chi connectivity index (χ3n) is 2.77. The minimum absolute atomic E-state index is 0.355. The molecule has 1 unspecified atom stereocenters. The van der Waals surface area contributed by atoms with Crippen molar-refractivity contribution >= 4 is 0 Å². The molecule has 100 valence electrons. The van der Waals surface area contributed by atoms with Crippen molar-refractivity contribution < 1.29 is 14.6 Å². The van der Waals surface area contributed by atoms with E-state index >= 15 is 0 Å². The Hall–Kier alpha value is -2.07. The number of benzene rings is 1. The Kier molecular flexibility index (Phi) is 4.36. The van der Waals surface area contributed by atoms with Gasteiger partial charge < -0.3 is 14.6 Å². The van der Waals surface area contributed by atoms with E-state index < -0.39 is 6.10 Å². The number of aliphatic hydroxyl groups is 1. The molecule has 19 heavy (non-hydrogen) atoms. The standard InChI is InChI=1S/C15H17NO3/c1-11(17)14-7-6-13(18-2)9-15(14)19-10-12-5-3-4-8-16-12/h3-9,11,17H,10H2,1-2H3. The Labute approximate surface area is 112 Å². The minimum Gasteiger partial charge on any atom is -0.497 e. The van der Waals surface area contributed by atoms with Crippen LogP contribution in [-0.2, 0) is 6.61 Å². The molecule has 1 aromatic heterocycles. The van der Waals surface area contributed by atoms with Crippen LogP contribution in [0, 0.1) is 0 Å². The van der Waals surface area contributed by atoms with E-state index in [-0.39, 0.29) is 0 Å². The lowest BCUT2D eigenvalue weighted by molar-refractivity contribution is 0.189. The summed E-state index contributed by atoms with van der Waals surface area (Å²) < 4.78 is 10.9. The van der Waals surface area contributed by atoms with E-state index in [2.05, 4.69) is 4.98 Å². The molecule has 0 fully saturated rings. The van der Waals surface area contributed by atoms with Gasteiger partial charge in [0.15, 0.2) is 0 Å². The summed E-state index contributed by atoms with van der Waals surface area (Å²) >= 11 is 0. The number of aromatic nitrogens is 1. The molecule has 0 saturated carbocycles. The summed E-state index contributed by atoms with van der Waals surface area (Å²) in [7, 11) is 1.60. The molecule has 1 N–H and O–H groups in total. The van der Waals surface area contributed by atoms with Crippen LogP contribution in [0.5, 0.6) is 11.5 Å². The Morgan fingerprint density at radius 2 is 2.11 bits per heavy atom. The highest BCUT2D eigenvalue weighted by molar-refractivity contribution is 5.41. The van der Waals surface area contributed by atoms with Gasteiger partial charge in [-0.1, -0.05) is 6.07 Å². The molecule has 0 aliphatic rings. The monoisotopic (exact) mass is 259 g/mol. The van der Waals surface area contributed by atoms with Crippen molar-refractivity contribution in [2.45, 2.75) is 19.6 Å². The lowest BCUT2D eigenvalue weighted by Gasteiger charge is -2.14. The number of pyridine rings is 1. The Balaban J connectivity index is 2.18. The number of hydrogen-bond donors (Lipinski definition) is 1. The first-order valence-electron chi connectivity index (χ1n) is 6.09. The van der Waals surface area contributed by atoms with Crippen molar-refractivity contribution in [3.8, 4) is 11.5 Å². The first-order valence-corrected chi connectivity index (χ1v) is 6.09. The van der Waals surface area contributed by atoms with Gasteiger partial charge in [0, 0.05) is 17.8 Å². The van der Waals surface area contributed by atoms with E-state index in [4.69, 9.17) is 9.47 Å². The van der Waals surface area contributed by atoms with Crippen molar-refractivity contribution in [1.29, 1.82) is 0 Å². The maximum atomic E-state index is 9.73. The van der Waals surface area contributed by atoms with Crippen LogP contribution in [0.1, 0.15) is 24.3 Å². The Bertz CT molecular complexity index is 526. The van der Waals surface area contributed by atoms with Crippen molar-refractivity contribution in [1.82, 2.24) is 4.98 Å². The third kappa shape index (κ3) is 3.45. The quantitative estimate of drug-likeness (QED) is 0.897. The highest BCUT2D eigenvalue weighted by Crippen LogP contribution is 2.29. The number of hydrogen-bond acceptors (Lipinski definition) is 4. The Morgan fingerprint density at radius 1 is 1.26 bits per heavy atom. The van der Waals surface area contributed by atoms with Gasteiger partial charge in [0.2, 0.25) is 0 Å². The number of nitrogens with zero attached hydrogens (tertiary/aromatic N) is 1. The molecule has 0 bridgehead atoms. The maximum Gasteiger partial charge on any atom is 0.130 e. The molecule has 0 amide bonds. The molecule has 4 heteroatoms. The lowest BCUT2D eigenvalue weighted by Crippen LogP contribution is -2.02. The highest BCUT2D eigenvalue weighted by Gasteiger charge is 2.11. The van der Waals surface area contributed by atoms with E-state index in [0.717, 1.165) is 11.3 Å². The average Bonchev–Trinajstić information content (AvgIpc) is 2.45. The Morgan fingerprint density at radius 3 is 2.74 bits per heavy atom. The van der Waals surface area contributed by atoms with Crippen LogP contribution in [0.25, 0.3) is 0 Å². The van der Waals surface area contributed by atoms with Gasteiger partial charge in [-0.15, -0.1) is 0 Å². The smallest absolute Gasteiger partial charge is 0.130 e. The van der Waals surface area contributed by atoms with Crippen molar-refractivity contribution in [2.75, 3.05) is 7.11 Å². The molecule has 4 nitrogen and oxygen atoms in total. The topological polar surface area (TPSA) is 51.6 Å². The molecule has 0 spiro atoms. The molecule has 0 radical (unpaired) electrons. The highest BCUT2D eigenvalue weighted by atomic mass is 16.5. The van der Waals surface area contributed by atoms with Crippen LogP contribution in [0.15, 0.2) is 42.6 Å². The molecule has 0 saturated heterocycles. The molecule has 1 atom stereocenters. The van der Waals surface area contributed by atoms with E-state index in [1.54, 1.807) is 38.4 Å². The zero-order valence-corrected chi connectivity index (χ0v) is 11.0. The second kappa shape index (κ2) is 6.20.